The summed E-state index contributed by atoms with van der Waals surface area (Å²) in [5.74, 6) is -1.76. The average Bonchev–Trinajstić information content (AvgIpc) is 2.71. The molecule has 0 aromatic heterocycles. The summed E-state index contributed by atoms with van der Waals surface area (Å²) in [5.41, 5.74) is 1.42. The number of carbonyl (C=O) groups excluding carboxylic acids is 2. The molecule has 0 unspecified atom stereocenters. The highest BCUT2D eigenvalue weighted by molar-refractivity contribution is 6.19. The lowest BCUT2D eigenvalue weighted by Crippen LogP contribution is -2.06. The molecule has 0 aliphatic heterocycles. The minimum absolute atomic E-state index is 0.0626. The third-order valence-electron chi connectivity index (χ3n) is 4.07. The maximum atomic E-state index is 12.6. The quantitative estimate of drug-likeness (QED) is 0.478. The van der Waals surface area contributed by atoms with Gasteiger partial charge in [0.2, 0.25) is 0 Å². The summed E-state index contributed by atoms with van der Waals surface area (Å²) in [6.07, 6.45) is 5.81. The van der Waals surface area contributed by atoms with Crippen LogP contribution in [0.25, 0.3) is 12.2 Å². The first-order valence-corrected chi connectivity index (χ1v) is 8.65. The molecule has 138 valence electrons. The monoisotopic (exact) mass is 370 g/mol. The Morgan fingerprint density at radius 3 is 1.71 bits per heavy atom. The van der Waals surface area contributed by atoms with Crippen molar-refractivity contribution >= 4 is 23.7 Å². The van der Waals surface area contributed by atoms with Gasteiger partial charge in [-0.1, -0.05) is 72.8 Å². The van der Waals surface area contributed by atoms with Crippen LogP contribution < -0.4 is 0 Å². The van der Waals surface area contributed by atoms with E-state index < -0.39 is 17.3 Å². The Morgan fingerprint density at radius 1 is 0.679 bits per heavy atom. The molecule has 3 aromatic carbocycles. The van der Waals surface area contributed by atoms with Crippen LogP contribution >= 0.6 is 0 Å². The molecule has 0 aliphatic carbocycles. The van der Waals surface area contributed by atoms with Crippen LogP contribution in [0.1, 0.15) is 31.8 Å². The second-order valence-electron chi connectivity index (χ2n) is 6.10. The molecule has 28 heavy (non-hydrogen) atoms. The largest absolute Gasteiger partial charge is 0.508 e. The van der Waals surface area contributed by atoms with Gasteiger partial charge in [-0.05, 0) is 29.3 Å². The first-order chi connectivity index (χ1) is 13.5. The number of allylic oxidation sites excluding steroid dienone is 2. The highest BCUT2D eigenvalue weighted by atomic mass is 16.3. The van der Waals surface area contributed by atoms with Crippen LogP contribution in [0.4, 0.5) is 0 Å². The molecule has 4 heteroatoms. The van der Waals surface area contributed by atoms with Gasteiger partial charge in [-0.15, -0.1) is 0 Å². The van der Waals surface area contributed by atoms with E-state index in [0.29, 0.717) is 0 Å². The molecule has 0 saturated carbocycles. The lowest BCUT2D eigenvalue weighted by atomic mass is 9.97. The van der Waals surface area contributed by atoms with Gasteiger partial charge >= 0.3 is 0 Å². The van der Waals surface area contributed by atoms with E-state index in [9.17, 15) is 19.8 Å². The molecule has 4 nitrogen and oxygen atoms in total. The summed E-state index contributed by atoms with van der Waals surface area (Å²) in [6, 6.07) is 20.6. The van der Waals surface area contributed by atoms with Crippen LogP contribution in [-0.4, -0.2) is 21.8 Å². The Labute approximate surface area is 162 Å². The highest BCUT2D eigenvalue weighted by Crippen LogP contribution is 2.29. The number of phenolic OH excluding ortho intramolecular Hbond substituents is 2. The van der Waals surface area contributed by atoms with E-state index in [-0.39, 0.29) is 16.9 Å². The molecule has 3 rings (SSSR count). The van der Waals surface area contributed by atoms with Crippen LogP contribution in [0.15, 0.2) is 84.9 Å². The van der Waals surface area contributed by atoms with E-state index in [0.717, 1.165) is 17.2 Å². The minimum atomic E-state index is -0.530. The summed E-state index contributed by atoms with van der Waals surface area (Å²) >= 11 is 0. The van der Waals surface area contributed by atoms with Crippen LogP contribution in [0, 0.1) is 0 Å². The first kappa shape index (κ1) is 18.9. The van der Waals surface area contributed by atoms with E-state index in [1.165, 1.54) is 18.2 Å². The van der Waals surface area contributed by atoms with Crippen molar-refractivity contribution in [2.24, 2.45) is 0 Å². The molecule has 0 amide bonds. The van der Waals surface area contributed by atoms with Crippen LogP contribution in [0.5, 0.6) is 11.5 Å². The van der Waals surface area contributed by atoms with Gasteiger partial charge < -0.3 is 10.2 Å². The van der Waals surface area contributed by atoms with Gasteiger partial charge in [0.05, 0.1) is 5.56 Å². The molecule has 0 aliphatic rings. The van der Waals surface area contributed by atoms with Crippen molar-refractivity contribution in [2.45, 2.75) is 0 Å². The van der Waals surface area contributed by atoms with Crippen molar-refractivity contribution in [3.8, 4) is 11.5 Å². The lowest BCUT2D eigenvalue weighted by molar-refractivity contribution is 0.101. The number of carbonyl (C=O) groups is 2. The number of ketones is 2. The van der Waals surface area contributed by atoms with Gasteiger partial charge in [-0.2, -0.15) is 0 Å². The zero-order chi connectivity index (χ0) is 19.9. The van der Waals surface area contributed by atoms with Crippen molar-refractivity contribution in [1.29, 1.82) is 0 Å². The van der Waals surface area contributed by atoms with Crippen LogP contribution in [0.3, 0.4) is 0 Å². The summed E-state index contributed by atoms with van der Waals surface area (Å²) in [5, 5.41) is 20.0. The van der Waals surface area contributed by atoms with Crippen molar-refractivity contribution in [3.05, 3.63) is 107 Å². The van der Waals surface area contributed by atoms with Crippen LogP contribution in [0.2, 0.25) is 0 Å². The second kappa shape index (κ2) is 8.64. The van der Waals surface area contributed by atoms with Crippen molar-refractivity contribution in [2.75, 3.05) is 0 Å². The van der Waals surface area contributed by atoms with E-state index in [1.807, 2.05) is 60.7 Å². The number of benzene rings is 3. The zero-order valence-electron chi connectivity index (χ0n) is 14.9. The number of rotatable bonds is 6. The predicted molar refractivity (Wildman–Crippen MR) is 109 cm³/mol. The summed E-state index contributed by atoms with van der Waals surface area (Å²) < 4.78 is 0. The van der Waals surface area contributed by atoms with Crippen molar-refractivity contribution in [1.82, 2.24) is 0 Å². The molecular weight excluding hydrogens is 352 g/mol. The number of phenols is 2. The number of aromatic hydroxyl groups is 2. The Balaban J connectivity index is 1.93. The molecular formula is C24H18O4. The zero-order valence-corrected chi connectivity index (χ0v) is 14.9. The Morgan fingerprint density at radius 2 is 1.18 bits per heavy atom. The Bertz CT molecular complexity index is 1050. The lowest BCUT2D eigenvalue weighted by Gasteiger charge is -2.08. The fourth-order valence-corrected chi connectivity index (χ4v) is 2.71. The molecule has 0 heterocycles. The van der Waals surface area contributed by atoms with Gasteiger partial charge in [-0.25, -0.2) is 0 Å². The van der Waals surface area contributed by atoms with E-state index >= 15 is 0 Å². The molecule has 0 saturated heterocycles. The Kier molecular flexibility index (Phi) is 5.82. The maximum absolute atomic E-state index is 12.6. The van der Waals surface area contributed by atoms with E-state index in [4.69, 9.17) is 0 Å². The minimum Gasteiger partial charge on any atom is -0.508 e. The molecule has 0 atom stereocenters. The highest BCUT2D eigenvalue weighted by Gasteiger charge is 2.19. The summed E-state index contributed by atoms with van der Waals surface area (Å²) in [6.45, 7) is 0. The molecule has 0 spiro atoms. The van der Waals surface area contributed by atoms with Crippen molar-refractivity contribution < 1.29 is 19.8 Å². The van der Waals surface area contributed by atoms with E-state index in [2.05, 4.69) is 0 Å². The third-order valence-corrected chi connectivity index (χ3v) is 4.07. The van der Waals surface area contributed by atoms with Gasteiger partial charge in [0.1, 0.15) is 11.5 Å². The molecule has 0 fully saturated rings. The SMILES string of the molecule is O=C(/C=C\c1ccccc1)c1cc(O)cc(O)c1C(=O)/C=C\c1ccccc1. The third kappa shape index (κ3) is 4.62. The van der Waals surface area contributed by atoms with Crippen molar-refractivity contribution in [3.63, 3.8) is 0 Å². The summed E-state index contributed by atoms with van der Waals surface area (Å²) in [4.78, 5) is 25.3. The molecule has 0 bridgehead atoms. The normalized spacial score (nSPS) is 11.1. The molecule has 2 N–H and O–H groups in total. The standard InChI is InChI=1S/C24H18O4/c25-19-15-20(21(26)13-11-17-7-3-1-4-8-17)24(23(28)16-19)22(27)14-12-18-9-5-2-6-10-18/h1-16,25,28H/b13-11-,14-12-. The summed E-state index contributed by atoms with van der Waals surface area (Å²) in [7, 11) is 0. The fourth-order valence-electron chi connectivity index (χ4n) is 2.71. The van der Waals surface area contributed by atoms with Gasteiger partial charge in [0.25, 0.3) is 0 Å². The first-order valence-electron chi connectivity index (χ1n) is 8.65. The Hall–Kier alpha value is -3.92. The van der Waals surface area contributed by atoms with Gasteiger partial charge in [0, 0.05) is 11.6 Å². The smallest absolute Gasteiger partial charge is 0.190 e. The topological polar surface area (TPSA) is 74.6 Å². The number of hydrogen-bond acceptors (Lipinski definition) is 4. The van der Waals surface area contributed by atoms with E-state index in [1.54, 1.807) is 12.2 Å². The van der Waals surface area contributed by atoms with Crippen LogP contribution in [-0.2, 0) is 0 Å². The van der Waals surface area contributed by atoms with Gasteiger partial charge in [0.15, 0.2) is 11.6 Å². The van der Waals surface area contributed by atoms with Gasteiger partial charge in [-0.3, -0.25) is 9.59 Å². The fraction of sp³-hybridized carbons (Fsp3) is 0. The maximum Gasteiger partial charge on any atom is 0.190 e. The molecule has 0 radical (unpaired) electrons. The molecule has 3 aromatic rings. The number of hydrogen-bond donors (Lipinski definition) is 2. The second-order valence-corrected chi connectivity index (χ2v) is 6.10. The predicted octanol–water partition coefficient (Wildman–Crippen LogP) is 4.89. The average molecular weight is 370 g/mol.